The Bertz CT molecular complexity index is 299. The van der Waals surface area contributed by atoms with E-state index in [0.29, 0.717) is 12.0 Å². The number of ether oxygens (including phenoxy) is 1. The average molecular weight is 179 g/mol. The molecule has 0 aromatic rings. The maximum Gasteiger partial charge on any atom is 0.219 e. The van der Waals surface area contributed by atoms with Crippen molar-refractivity contribution in [3.05, 3.63) is 12.2 Å². The van der Waals surface area contributed by atoms with E-state index >= 15 is 0 Å². The van der Waals surface area contributed by atoms with Gasteiger partial charge in [-0.15, -0.1) is 0 Å². The number of hydrogen-bond acceptors (Lipinski definition) is 2. The standard InChI is InChI=1S/C10H13NO2/c1-7(12)11-5-8-4-9-2-3-10(8,6-11)13-9/h2-3,8-9H,4-6H2,1H3/t8?,9-,10-/m1/s1. The van der Waals surface area contributed by atoms with Crippen molar-refractivity contribution in [2.75, 3.05) is 13.1 Å². The minimum absolute atomic E-state index is 0.101. The van der Waals surface area contributed by atoms with Crippen LogP contribution in [0.15, 0.2) is 12.2 Å². The fourth-order valence-electron chi connectivity index (χ4n) is 2.79. The second kappa shape index (κ2) is 2.15. The molecule has 3 heteroatoms. The van der Waals surface area contributed by atoms with Gasteiger partial charge in [0.25, 0.3) is 0 Å². The highest BCUT2D eigenvalue weighted by Gasteiger charge is 2.55. The quantitative estimate of drug-likeness (QED) is 0.508. The zero-order valence-electron chi connectivity index (χ0n) is 7.69. The molecule has 1 unspecified atom stereocenters. The molecule has 1 spiro atoms. The molecule has 2 saturated heterocycles. The monoisotopic (exact) mass is 179 g/mol. The van der Waals surface area contributed by atoms with Crippen molar-refractivity contribution in [2.45, 2.75) is 25.0 Å². The lowest BCUT2D eigenvalue weighted by Crippen LogP contribution is -2.34. The van der Waals surface area contributed by atoms with Gasteiger partial charge in [0.05, 0.1) is 12.6 Å². The minimum atomic E-state index is -0.101. The van der Waals surface area contributed by atoms with Gasteiger partial charge in [-0.1, -0.05) is 12.2 Å². The number of amides is 1. The third kappa shape index (κ3) is 0.854. The van der Waals surface area contributed by atoms with Crippen LogP contribution in [0, 0.1) is 5.92 Å². The van der Waals surface area contributed by atoms with E-state index in [4.69, 9.17) is 4.74 Å². The fraction of sp³-hybridized carbons (Fsp3) is 0.700. The van der Waals surface area contributed by atoms with Crippen LogP contribution < -0.4 is 0 Å². The van der Waals surface area contributed by atoms with Crippen molar-refractivity contribution in [2.24, 2.45) is 5.92 Å². The maximum absolute atomic E-state index is 11.2. The lowest BCUT2D eigenvalue weighted by molar-refractivity contribution is -0.129. The molecule has 3 aliphatic heterocycles. The van der Waals surface area contributed by atoms with Crippen LogP contribution >= 0.6 is 0 Å². The number of likely N-dealkylation sites (tertiary alicyclic amines) is 1. The van der Waals surface area contributed by atoms with Crippen molar-refractivity contribution in [1.82, 2.24) is 4.90 Å². The van der Waals surface area contributed by atoms with Gasteiger partial charge in [-0.3, -0.25) is 4.79 Å². The van der Waals surface area contributed by atoms with Crippen LogP contribution in [-0.2, 0) is 9.53 Å². The van der Waals surface area contributed by atoms with Crippen LogP contribution in [0.3, 0.4) is 0 Å². The molecule has 3 heterocycles. The molecular formula is C10H13NO2. The van der Waals surface area contributed by atoms with E-state index in [0.717, 1.165) is 19.5 Å². The molecular weight excluding hydrogens is 166 g/mol. The van der Waals surface area contributed by atoms with Crippen LogP contribution in [-0.4, -0.2) is 35.6 Å². The molecule has 0 N–H and O–H groups in total. The molecule has 2 bridgehead atoms. The maximum atomic E-state index is 11.2. The summed E-state index contributed by atoms with van der Waals surface area (Å²) >= 11 is 0. The van der Waals surface area contributed by atoms with Gasteiger partial charge in [0.2, 0.25) is 5.91 Å². The molecule has 3 rings (SSSR count). The van der Waals surface area contributed by atoms with Crippen molar-refractivity contribution in [1.29, 1.82) is 0 Å². The first-order valence-electron chi connectivity index (χ1n) is 4.82. The number of rotatable bonds is 0. The predicted molar refractivity (Wildman–Crippen MR) is 47.1 cm³/mol. The summed E-state index contributed by atoms with van der Waals surface area (Å²) in [5, 5.41) is 0. The van der Waals surface area contributed by atoms with Crippen LogP contribution in [0.4, 0.5) is 0 Å². The second-order valence-electron chi connectivity index (χ2n) is 4.30. The van der Waals surface area contributed by atoms with Crippen molar-refractivity contribution >= 4 is 5.91 Å². The second-order valence-corrected chi connectivity index (χ2v) is 4.30. The van der Waals surface area contributed by atoms with E-state index in [9.17, 15) is 4.79 Å². The lowest BCUT2D eigenvalue weighted by atomic mass is 9.86. The zero-order valence-corrected chi connectivity index (χ0v) is 7.69. The molecule has 0 aliphatic carbocycles. The summed E-state index contributed by atoms with van der Waals surface area (Å²) in [7, 11) is 0. The Labute approximate surface area is 77.4 Å². The highest BCUT2D eigenvalue weighted by molar-refractivity contribution is 5.74. The van der Waals surface area contributed by atoms with E-state index < -0.39 is 0 Å². The summed E-state index contributed by atoms with van der Waals surface area (Å²) in [6.45, 7) is 3.28. The molecule has 70 valence electrons. The first kappa shape index (κ1) is 7.56. The number of fused-ring (bicyclic) bond motifs is 1. The first-order chi connectivity index (χ1) is 6.20. The van der Waals surface area contributed by atoms with Gasteiger partial charge in [-0.2, -0.15) is 0 Å². The summed E-state index contributed by atoms with van der Waals surface area (Å²) in [5.41, 5.74) is -0.101. The lowest BCUT2D eigenvalue weighted by Gasteiger charge is -2.21. The Morgan fingerprint density at radius 1 is 1.69 bits per heavy atom. The van der Waals surface area contributed by atoms with E-state index in [2.05, 4.69) is 12.2 Å². The van der Waals surface area contributed by atoms with Crippen LogP contribution in [0.1, 0.15) is 13.3 Å². The SMILES string of the molecule is CC(=O)N1CC2C[C@H]3C=C[C@]2(C1)O3. The molecule has 3 atom stereocenters. The smallest absolute Gasteiger partial charge is 0.219 e. The highest BCUT2D eigenvalue weighted by Crippen LogP contribution is 2.47. The molecule has 0 aromatic carbocycles. The molecule has 2 fully saturated rings. The number of nitrogens with zero attached hydrogens (tertiary/aromatic N) is 1. The average Bonchev–Trinajstić information content (AvgIpc) is 2.66. The third-order valence-electron chi connectivity index (χ3n) is 3.50. The highest BCUT2D eigenvalue weighted by atomic mass is 16.5. The van der Waals surface area contributed by atoms with E-state index in [1.54, 1.807) is 6.92 Å². The van der Waals surface area contributed by atoms with E-state index in [1.165, 1.54) is 0 Å². The molecule has 0 saturated carbocycles. The Hall–Kier alpha value is -0.830. The van der Waals surface area contributed by atoms with Gasteiger partial charge in [0, 0.05) is 19.4 Å². The Morgan fingerprint density at radius 3 is 3.15 bits per heavy atom. The van der Waals surface area contributed by atoms with E-state index in [1.807, 2.05) is 4.90 Å². The van der Waals surface area contributed by atoms with Gasteiger partial charge in [-0.05, 0) is 6.42 Å². The molecule has 3 nitrogen and oxygen atoms in total. The summed E-state index contributed by atoms with van der Waals surface area (Å²) in [4.78, 5) is 13.1. The topological polar surface area (TPSA) is 29.5 Å². The third-order valence-corrected chi connectivity index (χ3v) is 3.50. The predicted octanol–water partition coefficient (Wildman–Crippen LogP) is 0.562. The Morgan fingerprint density at radius 2 is 2.54 bits per heavy atom. The Kier molecular flexibility index (Phi) is 1.25. The minimum Gasteiger partial charge on any atom is -0.361 e. The summed E-state index contributed by atoms with van der Waals surface area (Å²) in [5.74, 6) is 0.718. The van der Waals surface area contributed by atoms with E-state index in [-0.39, 0.29) is 11.5 Å². The number of hydrogen-bond donors (Lipinski definition) is 0. The first-order valence-corrected chi connectivity index (χ1v) is 4.82. The van der Waals surface area contributed by atoms with Crippen LogP contribution in [0.25, 0.3) is 0 Å². The van der Waals surface area contributed by atoms with Gasteiger partial charge in [0.1, 0.15) is 5.60 Å². The van der Waals surface area contributed by atoms with Crippen molar-refractivity contribution in [3.8, 4) is 0 Å². The summed E-state index contributed by atoms with van der Waals surface area (Å²) < 4.78 is 5.86. The molecule has 1 amide bonds. The van der Waals surface area contributed by atoms with Gasteiger partial charge in [-0.25, -0.2) is 0 Å². The summed E-state index contributed by atoms with van der Waals surface area (Å²) in [6, 6.07) is 0. The van der Waals surface area contributed by atoms with Crippen molar-refractivity contribution in [3.63, 3.8) is 0 Å². The number of carbonyl (C=O) groups excluding carboxylic acids is 1. The molecule has 0 radical (unpaired) electrons. The molecule has 13 heavy (non-hydrogen) atoms. The number of carbonyl (C=O) groups is 1. The van der Waals surface area contributed by atoms with Crippen molar-refractivity contribution < 1.29 is 9.53 Å². The fourth-order valence-corrected chi connectivity index (χ4v) is 2.79. The summed E-state index contributed by atoms with van der Waals surface area (Å²) in [6.07, 6.45) is 5.73. The normalized spacial score (nSPS) is 45.8. The zero-order chi connectivity index (χ0) is 9.05. The van der Waals surface area contributed by atoms with Crippen LogP contribution in [0.2, 0.25) is 0 Å². The molecule has 0 aromatic heterocycles. The largest absolute Gasteiger partial charge is 0.361 e. The van der Waals surface area contributed by atoms with Crippen LogP contribution in [0.5, 0.6) is 0 Å². The van der Waals surface area contributed by atoms with Gasteiger partial charge < -0.3 is 9.64 Å². The van der Waals surface area contributed by atoms with Gasteiger partial charge in [0.15, 0.2) is 0 Å². The van der Waals surface area contributed by atoms with Gasteiger partial charge >= 0.3 is 0 Å². The molecule has 3 aliphatic rings. The Balaban J connectivity index is 1.89.